The van der Waals surface area contributed by atoms with Crippen molar-refractivity contribution >= 4 is 21.7 Å². The zero-order valence-electron chi connectivity index (χ0n) is 11.4. The van der Waals surface area contributed by atoms with Crippen molar-refractivity contribution in [3.63, 3.8) is 0 Å². The fourth-order valence-corrected chi connectivity index (χ4v) is 3.68. The van der Waals surface area contributed by atoms with E-state index in [0.29, 0.717) is 19.5 Å². The molecular formula is C12H20N2O4S. The normalized spacial score (nSPS) is 28.2. The first-order valence-electron chi connectivity index (χ1n) is 6.45. The predicted octanol–water partition coefficient (Wildman–Crippen LogP) is -0.498. The molecule has 0 saturated carbocycles. The molecule has 0 N–H and O–H groups in total. The minimum absolute atomic E-state index is 0.0911. The van der Waals surface area contributed by atoms with Gasteiger partial charge < -0.3 is 9.80 Å². The van der Waals surface area contributed by atoms with Gasteiger partial charge in [0.05, 0.1) is 5.41 Å². The van der Waals surface area contributed by atoms with Crippen molar-refractivity contribution in [2.75, 3.05) is 38.7 Å². The van der Waals surface area contributed by atoms with E-state index in [9.17, 15) is 18.0 Å². The van der Waals surface area contributed by atoms with Crippen molar-refractivity contribution in [1.82, 2.24) is 9.80 Å². The highest BCUT2D eigenvalue weighted by molar-refractivity contribution is 7.91. The molecule has 0 aromatic rings. The Labute approximate surface area is 113 Å². The van der Waals surface area contributed by atoms with Gasteiger partial charge in [-0.3, -0.25) is 9.59 Å². The van der Waals surface area contributed by atoms with Crippen LogP contribution in [0.3, 0.4) is 0 Å². The molecule has 108 valence electrons. The number of amides is 2. The van der Waals surface area contributed by atoms with Crippen LogP contribution in [0.2, 0.25) is 0 Å². The molecule has 1 spiro atoms. The van der Waals surface area contributed by atoms with Crippen LogP contribution in [0.25, 0.3) is 0 Å². The number of nitrogens with zero attached hydrogens (tertiary/aromatic N) is 2. The van der Waals surface area contributed by atoms with E-state index in [1.807, 2.05) is 0 Å². The largest absolute Gasteiger partial charge is 0.345 e. The molecule has 1 atom stereocenters. The van der Waals surface area contributed by atoms with Crippen molar-refractivity contribution in [2.45, 2.75) is 19.3 Å². The molecule has 19 heavy (non-hydrogen) atoms. The lowest BCUT2D eigenvalue weighted by molar-refractivity contribution is -0.144. The Hall–Kier alpha value is -1.11. The molecule has 6 nitrogen and oxygen atoms in total. The van der Waals surface area contributed by atoms with Crippen molar-refractivity contribution < 1.29 is 18.0 Å². The number of carbonyl (C=O) groups is 2. The van der Waals surface area contributed by atoms with Crippen LogP contribution in [0.15, 0.2) is 0 Å². The molecule has 2 aliphatic heterocycles. The molecule has 0 aliphatic carbocycles. The van der Waals surface area contributed by atoms with Gasteiger partial charge in [-0.05, 0) is 19.3 Å². The van der Waals surface area contributed by atoms with E-state index in [4.69, 9.17) is 0 Å². The van der Waals surface area contributed by atoms with Crippen LogP contribution in [0.1, 0.15) is 19.3 Å². The summed E-state index contributed by atoms with van der Waals surface area (Å²) in [6, 6.07) is 0. The fraction of sp³-hybridized carbons (Fsp3) is 0.833. The van der Waals surface area contributed by atoms with Crippen LogP contribution >= 0.6 is 0 Å². The Morgan fingerprint density at radius 1 is 1.32 bits per heavy atom. The molecule has 0 unspecified atom stereocenters. The van der Waals surface area contributed by atoms with E-state index in [1.165, 1.54) is 4.90 Å². The van der Waals surface area contributed by atoms with Gasteiger partial charge in [-0.2, -0.15) is 0 Å². The molecule has 0 aromatic heterocycles. The topological polar surface area (TPSA) is 74.8 Å². The molecule has 2 saturated heterocycles. The summed E-state index contributed by atoms with van der Waals surface area (Å²) < 4.78 is 22.3. The van der Waals surface area contributed by atoms with Crippen molar-refractivity contribution in [2.24, 2.45) is 5.41 Å². The number of piperidine rings is 1. The number of carbonyl (C=O) groups excluding carboxylic acids is 2. The second-order valence-corrected chi connectivity index (χ2v) is 7.89. The maximum atomic E-state index is 12.3. The fourth-order valence-electron chi connectivity index (χ4n) is 3.05. The lowest BCUT2D eigenvalue weighted by Gasteiger charge is -2.37. The van der Waals surface area contributed by atoms with Gasteiger partial charge in [0.15, 0.2) is 9.84 Å². The third-order valence-electron chi connectivity index (χ3n) is 4.04. The molecule has 2 rings (SSSR count). The Kier molecular flexibility index (Phi) is 3.59. The second-order valence-electron chi connectivity index (χ2n) is 5.75. The van der Waals surface area contributed by atoms with Crippen LogP contribution in [0, 0.1) is 5.41 Å². The third-order valence-corrected chi connectivity index (χ3v) is 4.81. The van der Waals surface area contributed by atoms with Gasteiger partial charge >= 0.3 is 0 Å². The first kappa shape index (κ1) is 14.3. The smallest absolute Gasteiger partial charge is 0.237 e. The molecule has 2 aliphatic rings. The third kappa shape index (κ3) is 2.91. The second kappa shape index (κ2) is 4.77. The van der Waals surface area contributed by atoms with Crippen LogP contribution in [-0.4, -0.2) is 68.7 Å². The zero-order valence-corrected chi connectivity index (χ0v) is 12.2. The Morgan fingerprint density at radius 3 is 2.63 bits per heavy atom. The van der Waals surface area contributed by atoms with Gasteiger partial charge in [0, 0.05) is 32.9 Å². The van der Waals surface area contributed by atoms with E-state index < -0.39 is 21.0 Å². The standard InChI is InChI=1S/C12H20N2O4S/c1-13-6-3-4-12(11(13)16)5-7-14(9-12)10(15)8-19(2,17)18/h3-9H2,1-2H3/t12-/m1/s1. The van der Waals surface area contributed by atoms with Gasteiger partial charge in [-0.25, -0.2) is 8.42 Å². The highest BCUT2D eigenvalue weighted by atomic mass is 32.2. The minimum atomic E-state index is -3.31. The van der Waals surface area contributed by atoms with Crippen LogP contribution in [0.5, 0.6) is 0 Å². The summed E-state index contributed by atoms with van der Waals surface area (Å²) in [4.78, 5) is 27.4. The van der Waals surface area contributed by atoms with Gasteiger partial charge in [-0.1, -0.05) is 0 Å². The number of rotatable bonds is 2. The maximum Gasteiger partial charge on any atom is 0.237 e. The van der Waals surface area contributed by atoms with Gasteiger partial charge in [0.2, 0.25) is 11.8 Å². The molecule has 2 fully saturated rings. The molecule has 2 heterocycles. The van der Waals surface area contributed by atoms with E-state index in [-0.39, 0.29) is 11.8 Å². The zero-order chi connectivity index (χ0) is 14.3. The number of hydrogen-bond acceptors (Lipinski definition) is 4. The van der Waals surface area contributed by atoms with Crippen molar-refractivity contribution in [1.29, 1.82) is 0 Å². The summed E-state index contributed by atoms with van der Waals surface area (Å²) in [7, 11) is -1.53. The first-order chi connectivity index (χ1) is 8.73. The van der Waals surface area contributed by atoms with Crippen LogP contribution in [0.4, 0.5) is 0 Å². The summed E-state index contributed by atoms with van der Waals surface area (Å²) in [5.74, 6) is -0.763. The summed E-state index contributed by atoms with van der Waals surface area (Å²) in [6.07, 6.45) is 3.43. The monoisotopic (exact) mass is 288 g/mol. The van der Waals surface area contributed by atoms with Gasteiger partial charge in [0.25, 0.3) is 0 Å². The lowest BCUT2D eigenvalue weighted by atomic mass is 9.78. The Morgan fingerprint density at radius 2 is 2.00 bits per heavy atom. The molecule has 0 radical (unpaired) electrons. The summed E-state index contributed by atoms with van der Waals surface area (Å²) in [5, 5.41) is 0. The van der Waals surface area contributed by atoms with Crippen LogP contribution in [-0.2, 0) is 19.4 Å². The quantitative estimate of drug-likeness (QED) is 0.686. The van der Waals surface area contributed by atoms with Gasteiger partial charge in [-0.15, -0.1) is 0 Å². The molecule has 0 aromatic carbocycles. The first-order valence-corrected chi connectivity index (χ1v) is 8.51. The Balaban J connectivity index is 2.07. The summed E-state index contributed by atoms with van der Waals surface area (Å²) in [5.41, 5.74) is -0.472. The van der Waals surface area contributed by atoms with E-state index in [0.717, 1.165) is 25.6 Å². The minimum Gasteiger partial charge on any atom is -0.345 e. The van der Waals surface area contributed by atoms with Gasteiger partial charge in [0.1, 0.15) is 5.75 Å². The molecular weight excluding hydrogens is 268 g/mol. The highest BCUT2D eigenvalue weighted by Crippen LogP contribution is 2.39. The SMILES string of the molecule is CN1CCC[C@]2(CCN(C(=O)CS(C)(=O)=O)C2)C1=O. The van der Waals surface area contributed by atoms with E-state index in [2.05, 4.69) is 0 Å². The number of hydrogen-bond donors (Lipinski definition) is 0. The summed E-state index contributed by atoms with van der Waals surface area (Å²) >= 11 is 0. The molecule has 7 heteroatoms. The average Bonchev–Trinajstić information content (AvgIpc) is 2.69. The number of likely N-dealkylation sites (tertiary alicyclic amines) is 2. The molecule has 0 bridgehead atoms. The predicted molar refractivity (Wildman–Crippen MR) is 70.2 cm³/mol. The summed E-state index contributed by atoms with van der Waals surface area (Å²) in [6.45, 7) is 1.61. The van der Waals surface area contributed by atoms with Crippen LogP contribution < -0.4 is 0 Å². The molecule has 2 amide bonds. The number of sulfone groups is 1. The van der Waals surface area contributed by atoms with Crippen molar-refractivity contribution in [3.05, 3.63) is 0 Å². The Bertz CT molecular complexity index is 502. The lowest BCUT2D eigenvalue weighted by Crippen LogP contribution is -2.49. The average molecular weight is 288 g/mol. The van der Waals surface area contributed by atoms with E-state index >= 15 is 0 Å². The van der Waals surface area contributed by atoms with Crippen molar-refractivity contribution in [3.8, 4) is 0 Å². The highest BCUT2D eigenvalue weighted by Gasteiger charge is 2.48. The maximum absolute atomic E-state index is 12.3. The van der Waals surface area contributed by atoms with E-state index in [1.54, 1.807) is 11.9 Å².